The highest BCUT2D eigenvalue weighted by atomic mass is 79.9. The summed E-state index contributed by atoms with van der Waals surface area (Å²) in [5.41, 5.74) is 5.62. The van der Waals surface area contributed by atoms with E-state index < -0.39 is 0 Å². The van der Waals surface area contributed by atoms with Crippen LogP contribution in [0.3, 0.4) is 0 Å². The number of fused-ring (bicyclic) bond motifs is 3. The number of aromatic nitrogens is 1. The molecule has 1 aromatic heterocycles. The fraction of sp³-hybridized carbons (Fsp3) is 0.318. The minimum absolute atomic E-state index is 0.133. The number of aromatic amines is 1. The maximum atomic E-state index is 12.9. The van der Waals surface area contributed by atoms with Gasteiger partial charge in [0, 0.05) is 25.5 Å². The van der Waals surface area contributed by atoms with Gasteiger partial charge >= 0.3 is 5.97 Å². The van der Waals surface area contributed by atoms with Gasteiger partial charge < -0.3 is 9.72 Å². The molecule has 3 nitrogen and oxygen atoms in total. The number of halogens is 2. The maximum Gasteiger partial charge on any atom is 0.313 e. The molecule has 0 saturated heterocycles. The van der Waals surface area contributed by atoms with Crippen LogP contribution in [-0.2, 0) is 29.0 Å². The Morgan fingerprint density at radius 2 is 1.93 bits per heavy atom. The lowest BCUT2D eigenvalue weighted by molar-refractivity contribution is -0.147. The molecule has 0 bridgehead atoms. The first-order valence-corrected chi connectivity index (χ1v) is 10.9. The van der Waals surface area contributed by atoms with Gasteiger partial charge in [0.05, 0.1) is 5.92 Å². The Hall–Kier alpha value is -1.59. The normalized spacial score (nSPS) is 16.3. The van der Waals surface area contributed by atoms with Gasteiger partial charge in [0.25, 0.3) is 0 Å². The molecule has 1 aliphatic rings. The lowest BCUT2D eigenvalue weighted by atomic mass is 9.85. The van der Waals surface area contributed by atoms with Crippen molar-refractivity contribution in [3.05, 3.63) is 67.7 Å². The average molecular weight is 491 g/mol. The molecule has 27 heavy (non-hydrogen) atoms. The molecule has 0 fully saturated rings. The molecule has 5 heteroatoms. The molecule has 1 aliphatic carbocycles. The topological polar surface area (TPSA) is 42.1 Å². The summed E-state index contributed by atoms with van der Waals surface area (Å²) in [6.45, 7) is 2.46. The fourth-order valence-electron chi connectivity index (χ4n) is 3.90. The lowest BCUT2D eigenvalue weighted by Gasteiger charge is -2.22. The van der Waals surface area contributed by atoms with Crippen molar-refractivity contribution in [1.29, 1.82) is 0 Å². The van der Waals surface area contributed by atoms with Crippen LogP contribution < -0.4 is 0 Å². The van der Waals surface area contributed by atoms with Crippen molar-refractivity contribution in [2.75, 3.05) is 0 Å². The van der Waals surface area contributed by atoms with Gasteiger partial charge in [0.2, 0.25) is 0 Å². The van der Waals surface area contributed by atoms with Gasteiger partial charge in [-0.15, -0.1) is 0 Å². The van der Waals surface area contributed by atoms with E-state index in [-0.39, 0.29) is 11.9 Å². The zero-order valence-corrected chi connectivity index (χ0v) is 18.3. The summed E-state index contributed by atoms with van der Waals surface area (Å²) in [5, 5.41) is 1.10. The molecule has 2 aromatic carbocycles. The highest BCUT2D eigenvalue weighted by Gasteiger charge is 2.32. The minimum atomic E-state index is -0.213. The van der Waals surface area contributed by atoms with E-state index in [0.717, 1.165) is 62.4 Å². The van der Waals surface area contributed by atoms with Gasteiger partial charge in [-0.2, -0.15) is 0 Å². The van der Waals surface area contributed by atoms with Crippen LogP contribution in [0.1, 0.15) is 48.1 Å². The maximum absolute atomic E-state index is 12.9. The Kier molecular flexibility index (Phi) is 5.42. The van der Waals surface area contributed by atoms with Gasteiger partial charge in [-0.3, -0.25) is 4.79 Å². The second-order valence-electron chi connectivity index (χ2n) is 7.05. The summed E-state index contributed by atoms with van der Waals surface area (Å²) in [6.07, 6.45) is 3.80. The zero-order chi connectivity index (χ0) is 19.0. The third kappa shape index (κ3) is 3.72. The molecule has 0 radical (unpaired) electrons. The van der Waals surface area contributed by atoms with E-state index in [0.29, 0.717) is 6.61 Å². The van der Waals surface area contributed by atoms with Crippen LogP contribution in [0.5, 0.6) is 0 Å². The van der Waals surface area contributed by atoms with Gasteiger partial charge in [-0.1, -0.05) is 63.0 Å². The number of hydrogen-bond acceptors (Lipinski definition) is 2. The number of rotatable bonds is 4. The smallest absolute Gasteiger partial charge is 0.313 e. The summed E-state index contributed by atoms with van der Waals surface area (Å²) >= 11 is 7.21. The molecular weight excluding hydrogens is 470 g/mol. The number of H-pyrrole nitrogens is 1. The Morgan fingerprint density at radius 1 is 1.19 bits per heavy atom. The predicted molar refractivity (Wildman–Crippen MR) is 115 cm³/mol. The van der Waals surface area contributed by atoms with E-state index in [4.69, 9.17) is 4.74 Å². The summed E-state index contributed by atoms with van der Waals surface area (Å²) in [5.74, 6) is -0.346. The quantitative estimate of drug-likeness (QED) is 0.429. The largest absolute Gasteiger partial charge is 0.460 e. The van der Waals surface area contributed by atoms with Crippen molar-refractivity contribution in [3.63, 3.8) is 0 Å². The number of hydrogen-bond donors (Lipinski definition) is 1. The highest BCUT2D eigenvalue weighted by molar-refractivity contribution is 9.11. The van der Waals surface area contributed by atoms with Crippen LogP contribution in [0.25, 0.3) is 10.9 Å². The number of esters is 1. The van der Waals surface area contributed by atoms with Crippen molar-refractivity contribution in [3.8, 4) is 0 Å². The van der Waals surface area contributed by atoms with Crippen LogP contribution in [-0.4, -0.2) is 11.0 Å². The van der Waals surface area contributed by atoms with E-state index in [1.807, 2.05) is 18.2 Å². The molecule has 4 rings (SSSR count). The number of carbonyl (C=O) groups excluding carboxylic acids is 1. The Morgan fingerprint density at radius 3 is 2.67 bits per heavy atom. The van der Waals surface area contributed by atoms with E-state index in [9.17, 15) is 4.79 Å². The zero-order valence-electron chi connectivity index (χ0n) is 15.1. The minimum Gasteiger partial charge on any atom is -0.460 e. The third-order valence-electron chi connectivity index (χ3n) is 5.30. The van der Waals surface area contributed by atoms with E-state index in [1.54, 1.807) is 0 Å². The van der Waals surface area contributed by atoms with E-state index in [1.165, 1.54) is 5.56 Å². The Balaban J connectivity index is 1.59. The molecule has 140 valence electrons. The predicted octanol–water partition coefficient (Wildman–Crippen LogP) is 6.42. The molecule has 3 aromatic rings. The number of benzene rings is 2. The van der Waals surface area contributed by atoms with E-state index in [2.05, 4.69) is 62.0 Å². The second kappa shape index (κ2) is 7.80. The van der Waals surface area contributed by atoms with Crippen LogP contribution in [0, 0.1) is 0 Å². The van der Waals surface area contributed by atoms with Gasteiger partial charge in [-0.05, 0) is 54.5 Å². The molecule has 1 atom stereocenters. The molecule has 0 saturated carbocycles. The standard InChI is InChI=1S/C22H21Br2NO2/c1-2-13-6-8-14(9-7-13)12-27-22(26)16-4-3-5-18-20(16)21-17(24)10-15(23)11-19(21)25-18/h6-11,16,25H,2-5,12H2,1H3. The Labute approximate surface area is 175 Å². The number of nitrogens with one attached hydrogen (secondary N) is 1. The van der Waals surface area contributed by atoms with Crippen molar-refractivity contribution < 1.29 is 9.53 Å². The number of carbonyl (C=O) groups is 1. The molecule has 0 amide bonds. The van der Waals surface area contributed by atoms with Crippen LogP contribution >= 0.6 is 31.9 Å². The molecule has 1 N–H and O–H groups in total. The number of ether oxygens (including phenoxy) is 1. The molecule has 0 aliphatic heterocycles. The second-order valence-corrected chi connectivity index (χ2v) is 8.82. The molecular formula is C22H21Br2NO2. The summed E-state index contributed by atoms with van der Waals surface area (Å²) in [6, 6.07) is 12.4. The van der Waals surface area contributed by atoms with Crippen molar-refractivity contribution in [2.45, 2.75) is 45.1 Å². The molecule has 1 heterocycles. The van der Waals surface area contributed by atoms with Crippen molar-refractivity contribution in [1.82, 2.24) is 4.98 Å². The summed E-state index contributed by atoms with van der Waals surface area (Å²) < 4.78 is 7.71. The third-order valence-corrected chi connectivity index (χ3v) is 6.38. The first-order chi connectivity index (χ1) is 13.1. The fourth-order valence-corrected chi connectivity index (χ4v) is 5.34. The number of aryl methyl sites for hydroxylation is 2. The molecule has 1 unspecified atom stereocenters. The van der Waals surface area contributed by atoms with Gasteiger partial charge in [-0.25, -0.2) is 0 Å². The van der Waals surface area contributed by atoms with Crippen molar-refractivity contribution >= 4 is 48.7 Å². The van der Waals surface area contributed by atoms with Gasteiger partial charge in [0.15, 0.2) is 0 Å². The van der Waals surface area contributed by atoms with Crippen LogP contribution in [0.15, 0.2) is 45.3 Å². The summed E-state index contributed by atoms with van der Waals surface area (Å²) in [7, 11) is 0. The first kappa shape index (κ1) is 18.8. The summed E-state index contributed by atoms with van der Waals surface area (Å²) in [4.78, 5) is 16.4. The average Bonchev–Trinajstić information content (AvgIpc) is 3.04. The van der Waals surface area contributed by atoms with Crippen LogP contribution in [0.4, 0.5) is 0 Å². The first-order valence-electron chi connectivity index (χ1n) is 9.30. The highest BCUT2D eigenvalue weighted by Crippen LogP contribution is 2.42. The van der Waals surface area contributed by atoms with Crippen molar-refractivity contribution in [2.24, 2.45) is 0 Å². The molecule has 0 spiro atoms. The lowest BCUT2D eigenvalue weighted by Crippen LogP contribution is -2.20. The Bertz CT molecular complexity index is 992. The van der Waals surface area contributed by atoms with Crippen LogP contribution in [0.2, 0.25) is 0 Å². The van der Waals surface area contributed by atoms with Gasteiger partial charge in [0.1, 0.15) is 6.61 Å². The monoisotopic (exact) mass is 489 g/mol. The SMILES string of the molecule is CCc1ccc(COC(=O)C2CCCc3[nH]c4cc(Br)cc(Br)c4c32)cc1. The van der Waals surface area contributed by atoms with E-state index >= 15 is 0 Å².